The van der Waals surface area contributed by atoms with E-state index in [0.717, 1.165) is 0 Å². The van der Waals surface area contributed by atoms with Crippen LogP contribution in [-0.4, -0.2) is 112 Å². The van der Waals surface area contributed by atoms with Gasteiger partial charge >= 0.3 is 17.9 Å². The SMILES string of the molecule is O=C(O)C(O)C(O)C(O)C(C(=O)O)C1C(O)C(C(=O)O)C(=O)C(C(O)O)C1O. The monoisotopic (exact) mass is 412 g/mol. The van der Waals surface area contributed by atoms with Gasteiger partial charge in [-0.3, -0.25) is 14.4 Å². The molecule has 0 aromatic carbocycles. The van der Waals surface area contributed by atoms with E-state index in [4.69, 9.17) is 10.2 Å². The lowest BCUT2D eigenvalue weighted by Crippen LogP contribution is -2.63. The Morgan fingerprint density at radius 1 is 0.786 bits per heavy atom. The molecular formula is C14H20O14. The molecule has 14 nitrogen and oxygen atoms in total. The summed E-state index contributed by atoms with van der Waals surface area (Å²) >= 11 is 0. The fourth-order valence-corrected chi connectivity index (χ4v) is 3.31. The van der Waals surface area contributed by atoms with Crippen molar-refractivity contribution in [3.63, 3.8) is 0 Å². The molecule has 1 aliphatic carbocycles. The number of aliphatic hydroxyl groups excluding tert-OH is 6. The summed E-state index contributed by atoms with van der Waals surface area (Å²) in [4.78, 5) is 45.7. The van der Waals surface area contributed by atoms with Gasteiger partial charge in [-0.1, -0.05) is 0 Å². The Morgan fingerprint density at radius 2 is 1.29 bits per heavy atom. The highest BCUT2D eigenvalue weighted by Gasteiger charge is 2.59. The molecule has 160 valence electrons. The van der Waals surface area contributed by atoms with Gasteiger partial charge < -0.3 is 51.1 Å². The van der Waals surface area contributed by atoms with E-state index in [-0.39, 0.29) is 0 Å². The van der Waals surface area contributed by atoms with Crippen LogP contribution < -0.4 is 0 Å². The standard InChI is InChI=1S/C14H20O14/c15-5-1(2(11(21)22)8(18)9(19)10(20)14(27)28)6(16)4(13(25)26)7(17)3(5)12(23)24/h1-6,8-10,12,15-16,18-20,23-24H,(H,21,22)(H,25,26)(H,27,28). The normalized spacial score (nSPS) is 32.4. The Hall–Kier alpha value is -2.20. The lowest BCUT2D eigenvalue weighted by molar-refractivity contribution is -0.207. The molecule has 0 amide bonds. The fourth-order valence-electron chi connectivity index (χ4n) is 3.31. The average molecular weight is 412 g/mol. The van der Waals surface area contributed by atoms with Crippen LogP contribution >= 0.6 is 0 Å². The first-order valence-corrected chi connectivity index (χ1v) is 7.74. The Morgan fingerprint density at radius 3 is 1.64 bits per heavy atom. The van der Waals surface area contributed by atoms with Crippen molar-refractivity contribution in [1.82, 2.24) is 0 Å². The van der Waals surface area contributed by atoms with Gasteiger partial charge in [0.05, 0.1) is 30.1 Å². The second kappa shape index (κ2) is 8.87. The fraction of sp³-hybridized carbons (Fsp3) is 0.714. The highest BCUT2D eigenvalue weighted by atomic mass is 16.5. The first-order chi connectivity index (χ1) is 12.7. The molecule has 9 unspecified atom stereocenters. The summed E-state index contributed by atoms with van der Waals surface area (Å²) in [5.41, 5.74) is 0. The molecule has 1 saturated carbocycles. The second-order valence-electron chi connectivity index (χ2n) is 6.34. The minimum absolute atomic E-state index is 1.52. The van der Waals surface area contributed by atoms with Gasteiger partial charge in [-0.05, 0) is 0 Å². The zero-order chi connectivity index (χ0) is 22.1. The minimum atomic E-state index is -2.69. The number of aliphatic carboxylic acids is 3. The van der Waals surface area contributed by atoms with Crippen molar-refractivity contribution in [3.05, 3.63) is 0 Å². The number of rotatable bonds is 8. The number of ketones is 1. The van der Waals surface area contributed by atoms with Crippen LogP contribution in [0.3, 0.4) is 0 Å². The third-order valence-corrected chi connectivity index (χ3v) is 4.71. The highest BCUT2D eigenvalue weighted by Crippen LogP contribution is 2.39. The van der Waals surface area contributed by atoms with E-state index in [9.17, 15) is 60.0 Å². The van der Waals surface area contributed by atoms with Crippen molar-refractivity contribution in [2.75, 3.05) is 0 Å². The first kappa shape index (κ1) is 23.8. The molecular weight excluding hydrogens is 392 g/mol. The number of hydrogen-bond donors (Lipinski definition) is 10. The summed E-state index contributed by atoms with van der Waals surface area (Å²) in [6, 6.07) is 0. The molecule has 0 bridgehead atoms. The van der Waals surface area contributed by atoms with Crippen LogP contribution in [-0.2, 0) is 19.2 Å². The van der Waals surface area contributed by atoms with Crippen LogP contribution in [0.2, 0.25) is 0 Å². The Kier molecular flexibility index (Phi) is 7.55. The topological polar surface area (TPSA) is 271 Å². The summed E-state index contributed by atoms with van der Waals surface area (Å²) in [6.45, 7) is 0. The van der Waals surface area contributed by atoms with Crippen molar-refractivity contribution in [1.29, 1.82) is 0 Å². The largest absolute Gasteiger partial charge is 0.481 e. The molecule has 1 rings (SSSR count). The Bertz CT molecular complexity index is 632. The summed E-state index contributed by atoms with van der Waals surface area (Å²) < 4.78 is 0. The second-order valence-corrected chi connectivity index (χ2v) is 6.34. The van der Waals surface area contributed by atoms with Crippen molar-refractivity contribution in [2.24, 2.45) is 23.7 Å². The van der Waals surface area contributed by atoms with Gasteiger partial charge in [0, 0.05) is 5.92 Å². The van der Waals surface area contributed by atoms with Gasteiger partial charge in [-0.25, -0.2) is 4.79 Å². The quantitative estimate of drug-likeness (QED) is 0.131. The van der Waals surface area contributed by atoms with E-state index in [1.807, 2.05) is 0 Å². The molecule has 0 saturated heterocycles. The van der Waals surface area contributed by atoms with Crippen LogP contribution in [0.15, 0.2) is 0 Å². The van der Waals surface area contributed by atoms with Gasteiger partial charge in [0.1, 0.15) is 12.0 Å². The maximum Gasteiger partial charge on any atom is 0.335 e. The van der Waals surface area contributed by atoms with Crippen molar-refractivity contribution < 1.29 is 70.2 Å². The maximum absolute atomic E-state index is 12.1. The lowest BCUT2D eigenvalue weighted by atomic mass is 9.64. The zero-order valence-electron chi connectivity index (χ0n) is 13.9. The van der Waals surface area contributed by atoms with Gasteiger partial charge in [0.25, 0.3) is 0 Å². The highest BCUT2D eigenvalue weighted by molar-refractivity contribution is 6.01. The Labute approximate surface area is 155 Å². The van der Waals surface area contributed by atoms with E-state index in [1.54, 1.807) is 0 Å². The number of aliphatic hydroxyl groups is 7. The van der Waals surface area contributed by atoms with Crippen LogP contribution in [0, 0.1) is 23.7 Å². The molecule has 9 atom stereocenters. The molecule has 1 fully saturated rings. The third kappa shape index (κ3) is 4.27. The third-order valence-electron chi connectivity index (χ3n) is 4.71. The molecule has 1 aliphatic rings. The zero-order valence-corrected chi connectivity index (χ0v) is 13.9. The first-order valence-electron chi connectivity index (χ1n) is 7.74. The average Bonchev–Trinajstić information content (AvgIpc) is 2.55. The maximum atomic E-state index is 12.1. The number of carbonyl (C=O) groups is 4. The molecule has 0 aliphatic heterocycles. The summed E-state index contributed by atoms with van der Waals surface area (Å²) in [7, 11) is 0. The lowest BCUT2D eigenvalue weighted by Gasteiger charge is -2.44. The number of carboxylic acids is 3. The van der Waals surface area contributed by atoms with E-state index in [0.29, 0.717) is 0 Å². The number of carboxylic acid groups (broad SMARTS) is 3. The van der Waals surface area contributed by atoms with E-state index in [2.05, 4.69) is 0 Å². The summed E-state index contributed by atoms with van der Waals surface area (Å²) in [6.07, 6.45) is -15.6. The smallest absolute Gasteiger partial charge is 0.335 e. The molecule has 28 heavy (non-hydrogen) atoms. The number of Topliss-reactive ketones (excluding diaryl/α,β-unsaturated/α-hetero) is 1. The van der Waals surface area contributed by atoms with Gasteiger partial charge in [-0.2, -0.15) is 0 Å². The summed E-state index contributed by atoms with van der Waals surface area (Å²) in [5, 5.41) is 95.0. The molecule has 14 heteroatoms. The molecule has 0 spiro atoms. The van der Waals surface area contributed by atoms with Crippen molar-refractivity contribution >= 4 is 23.7 Å². The molecule has 0 aromatic heterocycles. The molecule has 0 aromatic rings. The van der Waals surface area contributed by atoms with Crippen molar-refractivity contribution in [2.45, 2.75) is 36.8 Å². The van der Waals surface area contributed by atoms with Crippen LogP contribution in [0.1, 0.15) is 0 Å². The predicted octanol–water partition coefficient (Wildman–Crippen LogP) is -5.60. The molecule has 0 radical (unpaired) electrons. The minimum Gasteiger partial charge on any atom is -0.481 e. The van der Waals surface area contributed by atoms with E-state index in [1.165, 1.54) is 0 Å². The van der Waals surface area contributed by atoms with Gasteiger partial charge in [0.2, 0.25) is 0 Å². The molecule has 0 heterocycles. The number of carbonyl (C=O) groups excluding carboxylic acids is 1. The van der Waals surface area contributed by atoms with Crippen molar-refractivity contribution in [3.8, 4) is 0 Å². The summed E-state index contributed by atoms with van der Waals surface area (Å²) in [5.74, 6) is -17.1. The van der Waals surface area contributed by atoms with E-state index < -0.39 is 84.2 Å². The number of hydrogen-bond acceptors (Lipinski definition) is 11. The van der Waals surface area contributed by atoms with Crippen LogP contribution in [0.5, 0.6) is 0 Å². The van der Waals surface area contributed by atoms with Gasteiger partial charge in [-0.15, -0.1) is 0 Å². The van der Waals surface area contributed by atoms with Gasteiger partial charge in [0.15, 0.2) is 18.2 Å². The van der Waals surface area contributed by atoms with E-state index >= 15 is 0 Å². The Balaban J connectivity index is 3.45. The van der Waals surface area contributed by atoms with Crippen LogP contribution in [0.25, 0.3) is 0 Å². The predicted molar refractivity (Wildman–Crippen MR) is 80.1 cm³/mol. The molecule has 10 N–H and O–H groups in total. The van der Waals surface area contributed by atoms with Crippen LogP contribution in [0.4, 0.5) is 0 Å².